The highest BCUT2D eigenvalue weighted by atomic mass is 15.3. The van der Waals surface area contributed by atoms with E-state index in [-0.39, 0.29) is 0 Å². The molecule has 3 aromatic rings. The Morgan fingerprint density at radius 3 is 3.11 bits per heavy atom. The van der Waals surface area contributed by atoms with Crippen molar-refractivity contribution in [1.29, 1.82) is 0 Å². The van der Waals surface area contributed by atoms with E-state index in [1.54, 1.807) is 17.2 Å². The van der Waals surface area contributed by atoms with Gasteiger partial charge in [-0.3, -0.25) is 0 Å². The Morgan fingerprint density at radius 1 is 1.33 bits per heavy atom. The molecule has 0 bridgehead atoms. The lowest BCUT2D eigenvalue weighted by Crippen LogP contribution is -2.06. The van der Waals surface area contributed by atoms with Gasteiger partial charge in [0.1, 0.15) is 12.7 Å². The number of hydrogen-bond acceptors (Lipinski definition) is 4. The third kappa shape index (κ3) is 2.08. The molecule has 3 aromatic heterocycles. The molecule has 2 N–H and O–H groups in total. The molecule has 0 atom stereocenters. The summed E-state index contributed by atoms with van der Waals surface area (Å²) in [5.74, 6) is 0.741. The van der Waals surface area contributed by atoms with Crippen LogP contribution < -0.4 is 5.32 Å². The smallest absolute Gasteiger partial charge is 0.178 e. The summed E-state index contributed by atoms with van der Waals surface area (Å²) < 4.78 is 1.64. The van der Waals surface area contributed by atoms with Crippen LogP contribution in [-0.4, -0.2) is 24.7 Å². The molecular weight excluding hydrogens is 228 g/mol. The maximum atomic E-state index is 4.31. The fourth-order valence-corrected chi connectivity index (χ4v) is 1.70. The lowest BCUT2D eigenvalue weighted by Gasteiger charge is -2.09. The van der Waals surface area contributed by atoms with E-state index in [9.17, 15) is 0 Å². The van der Waals surface area contributed by atoms with E-state index in [0.717, 1.165) is 18.1 Å². The van der Waals surface area contributed by atoms with Gasteiger partial charge in [-0.15, -0.1) is 0 Å². The molecule has 6 nitrogen and oxygen atoms in total. The number of anilines is 1. The molecule has 0 aliphatic rings. The zero-order chi connectivity index (χ0) is 12.2. The first-order valence-electron chi connectivity index (χ1n) is 5.59. The van der Waals surface area contributed by atoms with Gasteiger partial charge in [-0.25, -0.2) is 14.6 Å². The van der Waals surface area contributed by atoms with Crippen molar-refractivity contribution in [1.82, 2.24) is 24.7 Å². The summed E-state index contributed by atoms with van der Waals surface area (Å²) in [7, 11) is 0. The molecule has 0 amide bonds. The number of nitrogens with one attached hydrogen (secondary N) is 2. The average molecular weight is 240 g/mol. The van der Waals surface area contributed by atoms with Crippen molar-refractivity contribution in [3.63, 3.8) is 0 Å². The molecule has 0 saturated carbocycles. The zero-order valence-corrected chi connectivity index (χ0v) is 9.61. The summed E-state index contributed by atoms with van der Waals surface area (Å²) in [4.78, 5) is 11.3. The summed E-state index contributed by atoms with van der Waals surface area (Å²) in [5, 5.41) is 7.42. The van der Waals surface area contributed by atoms with Crippen LogP contribution >= 0.6 is 0 Å². The second kappa shape index (κ2) is 4.70. The number of nitrogens with zero attached hydrogens (tertiary/aromatic N) is 4. The largest absolute Gasteiger partial charge is 0.378 e. The standard InChI is InChI=1S/C12H12N6/c1-2-11(16-7-10-3-5-13-6-10)12(15-4-1)18-9-14-8-17-18/h1-6,8-9,13,16H,7H2. The Kier molecular flexibility index (Phi) is 2.75. The minimum atomic E-state index is 0.733. The predicted molar refractivity (Wildman–Crippen MR) is 67.3 cm³/mol. The second-order valence-corrected chi connectivity index (χ2v) is 3.79. The SMILES string of the molecule is c1cnc(-n2cncn2)c(NCc2cc[nH]c2)c1. The second-order valence-electron chi connectivity index (χ2n) is 3.79. The molecule has 0 aliphatic heterocycles. The third-order valence-electron chi connectivity index (χ3n) is 2.57. The minimum Gasteiger partial charge on any atom is -0.378 e. The van der Waals surface area contributed by atoms with Crippen LogP contribution in [0.3, 0.4) is 0 Å². The van der Waals surface area contributed by atoms with Crippen LogP contribution in [0.4, 0.5) is 5.69 Å². The van der Waals surface area contributed by atoms with Crippen LogP contribution in [0.1, 0.15) is 5.56 Å². The lowest BCUT2D eigenvalue weighted by atomic mass is 10.3. The first-order valence-corrected chi connectivity index (χ1v) is 5.59. The van der Waals surface area contributed by atoms with Crippen molar-refractivity contribution in [3.05, 3.63) is 55.0 Å². The normalized spacial score (nSPS) is 10.4. The molecular formula is C12H12N6. The van der Waals surface area contributed by atoms with Gasteiger partial charge in [0.2, 0.25) is 0 Å². The van der Waals surface area contributed by atoms with Gasteiger partial charge in [0, 0.05) is 25.1 Å². The monoisotopic (exact) mass is 240 g/mol. The number of aromatic nitrogens is 5. The van der Waals surface area contributed by atoms with Crippen LogP contribution in [0.15, 0.2) is 49.4 Å². The van der Waals surface area contributed by atoms with Gasteiger partial charge in [0.15, 0.2) is 5.82 Å². The van der Waals surface area contributed by atoms with Crippen LogP contribution in [0.5, 0.6) is 0 Å². The van der Waals surface area contributed by atoms with Gasteiger partial charge >= 0.3 is 0 Å². The van der Waals surface area contributed by atoms with Crippen molar-refractivity contribution >= 4 is 5.69 Å². The van der Waals surface area contributed by atoms with Crippen molar-refractivity contribution in [2.75, 3.05) is 5.32 Å². The Hall–Kier alpha value is -2.63. The molecule has 18 heavy (non-hydrogen) atoms. The molecule has 6 heteroatoms. The molecule has 0 fully saturated rings. The van der Waals surface area contributed by atoms with Crippen LogP contribution in [-0.2, 0) is 6.54 Å². The number of hydrogen-bond donors (Lipinski definition) is 2. The van der Waals surface area contributed by atoms with Gasteiger partial charge in [0.05, 0.1) is 5.69 Å². The molecule has 0 unspecified atom stereocenters. The van der Waals surface area contributed by atoms with E-state index in [0.29, 0.717) is 0 Å². The number of rotatable bonds is 4. The van der Waals surface area contributed by atoms with E-state index >= 15 is 0 Å². The van der Waals surface area contributed by atoms with Gasteiger partial charge in [-0.05, 0) is 23.8 Å². The van der Waals surface area contributed by atoms with E-state index in [1.807, 2.05) is 30.6 Å². The first kappa shape index (κ1) is 10.5. The molecule has 0 saturated heterocycles. The lowest BCUT2D eigenvalue weighted by molar-refractivity contribution is 0.844. The average Bonchev–Trinajstić information content (AvgIpc) is 3.10. The zero-order valence-electron chi connectivity index (χ0n) is 9.61. The summed E-state index contributed by atoms with van der Waals surface area (Å²) in [5.41, 5.74) is 2.10. The summed E-state index contributed by atoms with van der Waals surface area (Å²) in [6.07, 6.45) is 8.71. The van der Waals surface area contributed by atoms with Gasteiger partial charge in [-0.2, -0.15) is 5.10 Å². The van der Waals surface area contributed by atoms with E-state index in [2.05, 4.69) is 25.4 Å². The van der Waals surface area contributed by atoms with Gasteiger partial charge in [-0.1, -0.05) is 0 Å². The van der Waals surface area contributed by atoms with Crippen LogP contribution in [0.25, 0.3) is 5.82 Å². The number of H-pyrrole nitrogens is 1. The maximum Gasteiger partial charge on any atom is 0.178 e. The Morgan fingerprint density at radius 2 is 2.33 bits per heavy atom. The predicted octanol–water partition coefficient (Wildman–Crippen LogP) is 1.60. The summed E-state index contributed by atoms with van der Waals surface area (Å²) in [6, 6.07) is 5.88. The highest BCUT2D eigenvalue weighted by Gasteiger charge is 2.05. The van der Waals surface area contributed by atoms with E-state index in [1.165, 1.54) is 11.9 Å². The Balaban J connectivity index is 1.84. The highest BCUT2D eigenvalue weighted by molar-refractivity contribution is 5.56. The molecule has 0 radical (unpaired) electrons. The Labute approximate surface area is 104 Å². The maximum absolute atomic E-state index is 4.31. The third-order valence-corrected chi connectivity index (χ3v) is 2.57. The van der Waals surface area contributed by atoms with Crippen LogP contribution in [0, 0.1) is 0 Å². The van der Waals surface area contributed by atoms with Crippen molar-refractivity contribution in [2.24, 2.45) is 0 Å². The van der Waals surface area contributed by atoms with Crippen molar-refractivity contribution < 1.29 is 0 Å². The number of aromatic amines is 1. The summed E-state index contributed by atoms with van der Waals surface area (Å²) in [6.45, 7) is 0.733. The van der Waals surface area contributed by atoms with Crippen molar-refractivity contribution in [3.8, 4) is 5.82 Å². The van der Waals surface area contributed by atoms with E-state index < -0.39 is 0 Å². The molecule has 3 heterocycles. The number of pyridine rings is 1. The summed E-state index contributed by atoms with van der Waals surface area (Å²) >= 11 is 0. The fourth-order valence-electron chi connectivity index (χ4n) is 1.70. The molecule has 3 rings (SSSR count). The molecule has 0 spiro atoms. The molecule has 0 aromatic carbocycles. The van der Waals surface area contributed by atoms with Gasteiger partial charge < -0.3 is 10.3 Å². The van der Waals surface area contributed by atoms with Crippen LogP contribution in [0.2, 0.25) is 0 Å². The first-order chi connectivity index (χ1) is 8.93. The fraction of sp³-hybridized carbons (Fsp3) is 0.0833. The highest BCUT2D eigenvalue weighted by Crippen LogP contribution is 2.16. The minimum absolute atomic E-state index is 0.733. The van der Waals surface area contributed by atoms with Crippen molar-refractivity contribution in [2.45, 2.75) is 6.54 Å². The molecule has 90 valence electrons. The quantitative estimate of drug-likeness (QED) is 0.726. The topological polar surface area (TPSA) is 71.4 Å². The Bertz CT molecular complexity index is 599. The van der Waals surface area contributed by atoms with E-state index in [4.69, 9.17) is 0 Å². The molecule has 0 aliphatic carbocycles. The van der Waals surface area contributed by atoms with Gasteiger partial charge in [0.25, 0.3) is 0 Å².